The number of carboxylic acids is 2. The number of carbonyl (C=O) groups is 2. The van der Waals surface area contributed by atoms with Gasteiger partial charge in [-0.2, -0.15) is 0 Å². The standard InChI is InChI=1S/C8H11N3O4/c1-10(4-6(12)13)8-9-2-3-11(8)5-7(14)15/h2-3H,4-5H2,1H3,(H,12,13)(H,14,15). The van der Waals surface area contributed by atoms with E-state index < -0.39 is 11.9 Å². The number of likely N-dealkylation sites (N-methyl/N-ethyl adjacent to an activating group) is 1. The van der Waals surface area contributed by atoms with E-state index in [2.05, 4.69) is 4.98 Å². The Kier molecular flexibility index (Phi) is 3.27. The summed E-state index contributed by atoms with van der Waals surface area (Å²) in [4.78, 5) is 26.2. The minimum atomic E-state index is -1.00. The van der Waals surface area contributed by atoms with E-state index in [9.17, 15) is 9.59 Å². The van der Waals surface area contributed by atoms with E-state index in [-0.39, 0.29) is 13.1 Å². The number of hydrogen-bond acceptors (Lipinski definition) is 4. The van der Waals surface area contributed by atoms with E-state index in [0.717, 1.165) is 0 Å². The molecule has 7 nitrogen and oxygen atoms in total. The lowest BCUT2D eigenvalue weighted by Gasteiger charge is -2.16. The summed E-state index contributed by atoms with van der Waals surface area (Å²) in [6.07, 6.45) is 2.92. The summed E-state index contributed by atoms with van der Waals surface area (Å²) in [6, 6.07) is 0. The predicted octanol–water partition coefficient (Wildman–Crippen LogP) is -0.512. The highest BCUT2D eigenvalue weighted by atomic mass is 16.4. The molecule has 1 aromatic rings. The first-order valence-electron chi connectivity index (χ1n) is 4.16. The third-order valence-electron chi connectivity index (χ3n) is 1.71. The molecular formula is C8H11N3O4. The van der Waals surface area contributed by atoms with Crippen molar-refractivity contribution in [2.45, 2.75) is 6.54 Å². The van der Waals surface area contributed by atoms with Crippen LogP contribution in [0, 0.1) is 0 Å². The van der Waals surface area contributed by atoms with E-state index in [1.165, 1.54) is 28.9 Å². The van der Waals surface area contributed by atoms with Gasteiger partial charge in [-0.1, -0.05) is 0 Å². The lowest BCUT2D eigenvalue weighted by atomic mass is 10.5. The van der Waals surface area contributed by atoms with Crippen LogP contribution >= 0.6 is 0 Å². The van der Waals surface area contributed by atoms with Gasteiger partial charge < -0.3 is 19.7 Å². The molecule has 15 heavy (non-hydrogen) atoms. The molecule has 0 bridgehead atoms. The van der Waals surface area contributed by atoms with Gasteiger partial charge in [0.1, 0.15) is 13.1 Å². The van der Waals surface area contributed by atoms with Crippen LogP contribution in [0.2, 0.25) is 0 Å². The van der Waals surface area contributed by atoms with Gasteiger partial charge in [-0.3, -0.25) is 9.59 Å². The Morgan fingerprint density at radius 3 is 2.67 bits per heavy atom. The van der Waals surface area contributed by atoms with Crippen molar-refractivity contribution in [1.29, 1.82) is 0 Å². The molecule has 0 aliphatic heterocycles. The van der Waals surface area contributed by atoms with Crippen molar-refractivity contribution in [3.8, 4) is 0 Å². The Morgan fingerprint density at radius 2 is 2.13 bits per heavy atom. The predicted molar refractivity (Wildman–Crippen MR) is 50.8 cm³/mol. The SMILES string of the molecule is CN(CC(=O)O)c1nccn1CC(=O)O. The average molecular weight is 213 g/mol. The van der Waals surface area contributed by atoms with Crippen LogP contribution in [0.25, 0.3) is 0 Å². The fourth-order valence-corrected chi connectivity index (χ4v) is 1.18. The van der Waals surface area contributed by atoms with Gasteiger partial charge in [0.25, 0.3) is 0 Å². The van der Waals surface area contributed by atoms with Crippen molar-refractivity contribution in [2.75, 3.05) is 18.5 Å². The number of hydrogen-bond donors (Lipinski definition) is 2. The number of rotatable bonds is 5. The zero-order chi connectivity index (χ0) is 11.4. The number of imidazole rings is 1. The van der Waals surface area contributed by atoms with E-state index in [1.54, 1.807) is 0 Å². The van der Waals surface area contributed by atoms with E-state index in [1.807, 2.05) is 0 Å². The second-order valence-corrected chi connectivity index (χ2v) is 3.00. The smallest absolute Gasteiger partial charge is 0.323 e. The van der Waals surface area contributed by atoms with Crippen LogP contribution in [0.3, 0.4) is 0 Å². The van der Waals surface area contributed by atoms with Crippen LogP contribution in [-0.4, -0.2) is 45.3 Å². The Bertz CT molecular complexity index is 374. The van der Waals surface area contributed by atoms with E-state index in [0.29, 0.717) is 5.95 Å². The topological polar surface area (TPSA) is 95.7 Å². The fourth-order valence-electron chi connectivity index (χ4n) is 1.18. The molecule has 2 N–H and O–H groups in total. The number of aromatic nitrogens is 2. The van der Waals surface area contributed by atoms with Crippen molar-refractivity contribution in [3.05, 3.63) is 12.4 Å². The summed E-state index contributed by atoms with van der Waals surface area (Å²) in [5.41, 5.74) is 0. The molecule has 0 aliphatic carbocycles. The van der Waals surface area contributed by atoms with Crippen LogP contribution in [0.15, 0.2) is 12.4 Å². The maximum absolute atomic E-state index is 10.5. The summed E-state index contributed by atoms with van der Waals surface area (Å²) in [5.74, 6) is -1.68. The molecule has 0 saturated carbocycles. The second-order valence-electron chi connectivity index (χ2n) is 3.00. The molecule has 0 atom stereocenters. The molecule has 82 valence electrons. The Balaban J connectivity index is 2.79. The monoisotopic (exact) mass is 213 g/mol. The van der Waals surface area contributed by atoms with E-state index >= 15 is 0 Å². The maximum Gasteiger partial charge on any atom is 0.323 e. The summed E-state index contributed by atoms with van der Waals surface area (Å²) in [5, 5.41) is 17.2. The van der Waals surface area contributed by atoms with Crippen LogP contribution in [0.4, 0.5) is 5.95 Å². The number of nitrogens with zero attached hydrogens (tertiary/aromatic N) is 3. The minimum Gasteiger partial charge on any atom is -0.480 e. The highest BCUT2D eigenvalue weighted by Gasteiger charge is 2.12. The third-order valence-corrected chi connectivity index (χ3v) is 1.71. The van der Waals surface area contributed by atoms with Crippen molar-refractivity contribution in [1.82, 2.24) is 9.55 Å². The molecule has 0 unspecified atom stereocenters. The molecule has 0 amide bonds. The van der Waals surface area contributed by atoms with Gasteiger partial charge in [0.2, 0.25) is 5.95 Å². The normalized spacial score (nSPS) is 9.93. The molecule has 7 heteroatoms. The minimum absolute atomic E-state index is 0.226. The van der Waals surface area contributed by atoms with Crippen molar-refractivity contribution < 1.29 is 19.8 Å². The van der Waals surface area contributed by atoms with Crippen molar-refractivity contribution in [3.63, 3.8) is 0 Å². The number of carboxylic acid groups (broad SMARTS) is 2. The molecule has 1 heterocycles. The van der Waals surface area contributed by atoms with Crippen LogP contribution in [0.5, 0.6) is 0 Å². The molecule has 0 fully saturated rings. The average Bonchev–Trinajstić information content (AvgIpc) is 2.49. The summed E-state index contributed by atoms with van der Waals surface area (Å²) >= 11 is 0. The van der Waals surface area contributed by atoms with Gasteiger partial charge >= 0.3 is 11.9 Å². The van der Waals surface area contributed by atoms with Crippen molar-refractivity contribution >= 4 is 17.9 Å². The van der Waals surface area contributed by atoms with Gasteiger partial charge in [-0.15, -0.1) is 0 Å². The van der Waals surface area contributed by atoms with Crippen LogP contribution in [-0.2, 0) is 16.1 Å². The first-order valence-corrected chi connectivity index (χ1v) is 4.16. The molecule has 0 radical (unpaired) electrons. The first kappa shape index (κ1) is 11.0. The number of aliphatic carboxylic acids is 2. The molecule has 0 aliphatic rings. The van der Waals surface area contributed by atoms with E-state index in [4.69, 9.17) is 10.2 Å². The molecular weight excluding hydrogens is 202 g/mol. The van der Waals surface area contributed by atoms with Gasteiger partial charge in [-0.25, -0.2) is 4.98 Å². The van der Waals surface area contributed by atoms with Gasteiger partial charge in [0.05, 0.1) is 0 Å². The van der Waals surface area contributed by atoms with Gasteiger partial charge in [-0.05, 0) is 0 Å². The van der Waals surface area contributed by atoms with Crippen LogP contribution < -0.4 is 4.90 Å². The highest BCUT2D eigenvalue weighted by molar-refractivity contribution is 5.73. The zero-order valence-corrected chi connectivity index (χ0v) is 8.12. The number of anilines is 1. The highest BCUT2D eigenvalue weighted by Crippen LogP contribution is 2.08. The zero-order valence-electron chi connectivity index (χ0n) is 8.12. The van der Waals surface area contributed by atoms with Gasteiger partial charge in [0, 0.05) is 19.4 Å². The van der Waals surface area contributed by atoms with Crippen LogP contribution in [0.1, 0.15) is 0 Å². The lowest BCUT2D eigenvalue weighted by Crippen LogP contribution is -2.28. The Morgan fingerprint density at radius 1 is 1.47 bits per heavy atom. The molecule has 1 aromatic heterocycles. The molecule has 0 aromatic carbocycles. The summed E-state index contributed by atoms with van der Waals surface area (Å²) < 4.78 is 1.37. The van der Waals surface area contributed by atoms with Gasteiger partial charge in [0.15, 0.2) is 0 Å². The lowest BCUT2D eigenvalue weighted by molar-refractivity contribution is -0.137. The fraction of sp³-hybridized carbons (Fsp3) is 0.375. The summed E-state index contributed by atoms with van der Waals surface area (Å²) in [7, 11) is 1.54. The van der Waals surface area contributed by atoms with Crippen molar-refractivity contribution in [2.24, 2.45) is 0 Å². The Labute approximate surface area is 85.6 Å². The molecule has 0 saturated heterocycles. The maximum atomic E-state index is 10.5. The second kappa shape index (κ2) is 4.45. The molecule has 1 rings (SSSR count). The summed E-state index contributed by atoms with van der Waals surface area (Å²) in [6.45, 7) is -0.462. The molecule has 0 spiro atoms. The quantitative estimate of drug-likeness (QED) is 0.683. The Hall–Kier alpha value is -2.05. The largest absolute Gasteiger partial charge is 0.480 e. The third kappa shape index (κ3) is 2.97. The first-order chi connectivity index (χ1) is 7.00.